The lowest BCUT2D eigenvalue weighted by atomic mass is 10.1. The van der Waals surface area contributed by atoms with Crippen LogP contribution >= 0.6 is 23.4 Å². The maximum atomic E-state index is 13.1. The van der Waals surface area contributed by atoms with Crippen LogP contribution in [0.3, 0.4) is 0 Å². The average molecular weight is 565 g/mol. The third-order valence-electron chi connectivity index (χ3n) is 6.49. The van der Waals surface area contributed by atoms with Gasteiger partial charge in [0.1, 0.15) is 5.82 Å². The SMILES string of the molecule is Cn1c(SCC(=O)N2CCN(c3ccc(Cl)cc3)CC2)nnc1-c1ccc(NC(=O)c2ccc(F)cc2)cc1. The predicted octanol–water partition coefficient (Wildman–Crippen LogP) is 4.97. The lowest BCUT2D eigenvalue weighted by Gasteiger charge is -2.36. The van der Waals surface area contributed by atoms with E-state index in [1.165, 1.54) is 36.0 Å². The van der Waals surface area contributed by atoms with E-state index in [-0.39, 0.29) is 17.6 Å². The van der Waals surface area contributed by atoms with Gasteiger partial charge in [0.05, 0.1) is 5.75 Å². The Hall–Kier alpha value is -3.89. The van der Waals surface area contributed by atoms with Crippen LogP contribution in [0.15, 0.2) is 78.0 Å². The topological polar surface area (TPSA) is 83.4 Å². The molecule has 5 rings (SSSR count). The molecule has 0 spiro atoms. The highest BCUT2D eigenvalue weighted by molar-refractivity contribution is 7.99. The van der Waals surface area contributed by atoms with Gasteiger partial charge in [0.25, 0.3) is 5.91 Å². The van der Waals surface area contributed by atoms with Crippen LogP contribution in [0.5, 0.6) is 0 Å². The number of hydrogen-bond donors (Lipinski definition) is 1. The van der Waals surface area contributed by atoms with Gasteiger partial charge in [-0.1, -0.05) is 23.4 Å². The second-order valence-corrected chi connectivity index (χ2v) is 10.4. The Kier molecular flexibility index (Phi) is 8.13. The highest BCUT2D eigenvalue weighted by Crippen LogP contribution is 2.25. The second-order valence-electron chi connectivity index (χ2n) is 9.04. The minimum atomic E-state index is -0.394. The number of nitrogens with one attached hydrogen (secondary N) is 1. The monoisotopic (exact) mass is 564 g/mol. The standard InChI is InChI=1S/C28H26ClFN6O2S/c1-34-26(19-4-10-23(11-5-19)31-27(38)20-2-8-22(30)9-3-20)32-33-28(34)39-18-25(37)36-16-14-35(15-17-36)24-12-6-21(29)7-13-24/h2-13H,14-18H2,1H3,(H,31,38). The number of anilines is 2. The van der Waals surface area contributed by atoms with E-state index in [2.05, 4.69) is 20.4 Å². The second kappa shape index (κ2) is 11.9. The van der Waals surface area contributed by atoms with Gasteiger partial charge >= 0.3 is 0 Å². The Labute approximate surface area is 234 Å². The van der Waals surface area contributed by atoms with Crippen LogP contribution in [-0.2, 0) is 11.8 Å². The number of aromatic nitrogens is 3. The lowest BCUT2D eigenvalue weighted by Crippen LogP contribution is -2.49. The average Bonchev–Trinajstić information content (AvgIpc) is 3.33. The molecule has 0 aliphatic carbocycles. The van der Waals surface area contributed by atoms with Crippen molar-refractivity contribution in [2.45, 2.75) is 5.16 Å². The highest BCUT2D eigenvalue weighted by Gasteiger charge is 2.22. The third-order valence-corrected chi connectivity index (χ3v) is 7.75. The molecule has 11 heteroatoms. The van der Waals surface area contributed by atoms with E-state index in [1.54, 1.807) is 12.1 Å². The number of carbonyl (C=O) groups excluding carboxylic acids is 2. The molecular weight excluding hydrogens is 539 g/mol. The molecule has 4 aromatic rings. The van der Waals surface area contributed by atoms with Crippen molar-refractivity contribution in [2.24, 2.45) is 7.05 Å². The van der Waals surface area contributed by atoms with Crippen LogP contribution in [0.1, 0.15) is 10.4 Å². The van der Waals surface area contributed by atoms with Crippen molar-refractivity contribution in [3.8, 4) is 11.4 Å². The zero-order valence-corrected chi connectivity index (χ0v) is 22.8. The first kappa shape index (κ1) is 26.7. The molecule has 1 saturated heterocycles. The zero-order chi connectivity index (χ0) is 27.4. The van der Waals surface area contributed by atoms with Crippen molar-refractivity contribution >= 4 is 46.6 Å². The fourth-order valence-corrected chi connectivity index (χ4v) is 5.22. The minimum Gasteiger partial charge on any atom is -0.368 e. The van der Waals surface area contributed by atoms with E-state index in [9.17, 15) is 14.0 Å². The summed E-state index contributed by atoms with van der Waals surface area (Å²) < 4.78 is 14.9. The highest BCUT2D eigenvalue weighted by atomic mass is 35.5. The van der Waals surface area contributed by atoms with E-state index in [0.717, 1.165) is 24.3 Å². The molecule has 39 heavy (non-hydrogen) atoms. The summed E-state index contributed by atoms with van der Waals surface area (Å²) in [5, 5.41) is 12.7. The van der Waals surface area contributed by atoms with Crippen molar-refractivity contribution in [3.63, 3.8) is 0 Å². The summed E-state index contributed by atoms with van der Waals surface area (Å²) in [7, 11) is 1.86. The van der Waals surface area contributed by atoms with Crippen molar-refractivity contribution in [3.05, 3.63) is 89.2 Å². The third kappa shape index (κ3) is 6.40. The van der Waals surface area contributed by atoms with E-state index >= 15 is 0 Å². The quantitative estimate of drug-likeness (QED) is 0.319. The number of piperazine rings is 1. The first-order valence-corrected chi connectivity index (χ1v) is 13.7. The summed E-state index contributed by atoms with van der Waals surface area (Å²) in [5.41, 5.74) is 2.90. The van der Waals surface area contributed by atoms with Gasteiger partial charge in [0, 0.05) is 60.8 Å². The zero-order valence-electron chi connectivity index (χ0n) is 21.2. The largest absolute Gasteiger partial charge is 0.368 e. The molecule has 3 aromatic carbocycles. The van der Waals surface area contributed by atoms with Gasteiger partial charge in [-0.15, -0.1) is 10.2 Å². The van der Waals surface area contributed by atoms with Crippen molar-refractivity contribution in [2.75, 3.05) is 42.1 Å². The van der Waals surface area contributed by atoms with E-state index in [1.807, 2.05) is 52.9 Å². The molecule has 0 radical (unpaired) electrons. The predicted molar refractivity (Wildman–Crippen MR) is 152 cm³/mol. The van der Waals surface area contributed by atoms with Gasteiger partial charge in [-0.05, 0) is 72.8 Å². The summed E-state index contributed by atoms with van der Waals surface area (Å²) in [6.07, 6.45) is 0. The number of carbonyl (C=O) groups is 2. The maximum Gasteiger partial charge on any atom is 0.255 e. The Morgan fingerprint density at radius 1 is 0.923 bits per heavy atom. The van der Waals surface area contributed by atoms with Crippen molar-refractivity contribution in [1.29, 1.82) is 0 Å². The van der Waals surface area contributed by atoms with Crippen LogP contribution in [-0.4, -0.2) is 63.4 Å². The Morgan fingerprint density at radius 2 is 1.59 bits per heavy atom. The number of rotatable bonds is 7. The lowest BCUT2D eigenvalue weighted by molar-refractivity contribution is -0.128. The summed E-state index contributed by atoms with van der Waals surface area (Å²) in [4.78, 5) is 29.4. The van der Waals surface area contributed by atoms with Crippen LogP contribution in [0.25, 0.3) is 11.4 Å². The maximum absolute atomic E-state index is 13.1. The normalized spacial score (nSPS) is 13.4. The van der Waals surface area contributed by atoms with E-state index < -0.39 is 5.82 Å². The number of benzene rings is 3. The summed E-state index contributed by atoms with van der Waals surface area (Å²) >= 11 is 7.35. The Balaban J connectivity index is 1.13. The molecule has 1 aliphatic heterocycles. The fourth-order valence-electron chi connectivity index (χ4n) is 4.28. The molecule has 1 fully saturated rings. The first-order chi connectivity index (χ1) is 18.9. The van der Waals surface area contributed by atoms with E-state index in [4.69, 9.17) is 11.6 Å². The van der Waals surface area contributed by atoms with Gasteiger partial charge in [-0.2, -0.15) is 0 Å². The molecule has 0 unspecified atom stereocenters. The number of hydrogen-bond acceptors (Lipinski definition) is 6. The molecule has 8 nitrogen and oxygen atoms in total. The van der Waals surface area contributed by atoms with Crippen molar-refractivity contribution in [1.82, 2.24) is 19.7 Å². The molecule has 1 aromatic heterocycles. The number of nitrogens with zero attached hydrogens (tertiary/aromatic N) is 5. The summed E-state index contributed by atoms with van der Waals surface area (Å²) in [5.74, 6) is 0.284. The fraction of sp³-hybridized carbons (Fsp3) is 0.214. The summed E-state index contributed by atoms with van der Waals surface area (Å²) in [6, 6.07) is 20.3. The number of halogens is 2. The molecule has 1 N–H and O–H groups in total. The van der Waals surface area contributed by atoms with Crippen LogP contribution in [0, 0.1) is 5.82 Å². The van der Waals surface area contributed by atoms with Gasteiger partial charge in [0.15, 0.2) is 11.0 Å². The van der Waals surface area contributed by atoms with E-state index in [0.29, 0.717) is 40.3 Å². The van der Waals surface area contributed by atoms with Gasteiger partial charge in [0.2, 0.25) is 5.91 Å². The molecular formula is C28H26ClFN6O2S. The Morgan fingerprint density at radius 3 is 2.26 bits per heavy atom. The van der Waals surface area contributed by atoms with Crippen molar-refractivity contribution < 1.29 is 14.0 Å². The number of amides is 2. The smallest absolute Gasteiger partial charge is 0.255 e. The summed E-state index contributed by atoms with van der Waals surface area (Å²) in [6.45, 7) is 2.87. The number of thioether (sulfide) groups is 1. The first-order valence-electron chi connectivity index (χ1n) is 12.4. The molecule has 2 heterocycles. The molecule has 0 bridgehead atoms. The molecule has 2 amide bonds. The van der Waals surface area contributed by atoms with Crippen LogP contribution in [0.2, 0.25) is 5.02 Å². The van der Waals surface area contributed by atoms with Gasteiger partial charge < -0.3 is 19.7 Å². The molecule has 0 atom stereocenters. The van der Waals surface area contributed by atoms with Gasteiger partial charge in [-0.25, -0.2) is 4.39 Å². The van der Waals surface area contributed by atoms with Gasteiger partial charge in [-0.3, -0.25) is 9.59 Å². The molecule has 200 valence electrons. The molecule has 1 aliphatic rings. The molecule has 0 saturated carbocycles. The van der Waals surface area contributed by atoms with Crippen LogP contribution < -0.4 is 10.2 Å². The Bertz CT molecular complexity index is 1450. The minimum absolute atomic E-state index is 0.0709. The van der Waals surface area contributed by atoms with Crippen LogP contribution in [0.4, 0.5) is 15.8 Å².